The second kappa shape index (κ2) is 38.0. The van der Waals surface area contributed by atoms with Gasteiger partial charge in [-0.3, -0.25) is 24.0 Å². The number of allylic oxidation sites excluding steroid dienone is 4. The van der Waals surface area contributed by atoms with Crippen molar-refractivity contribution < 1.29 is 87.2 Å². The molecule has 14 atom stereocenters. The Labute approximate surface area is 603 Å². The van der Waals surface area contributed by atoms with Crippen LogP contribution in [-0.4, -0.2) is 139 Å². The van der Waals surface area contributed by atoms with Crippen LogP contribution in [-0.2, 0) is 90.7 Å². The molecular weight excluding hydrogens is 1420 g/mol. The van der Waals surface area contributed by atoms with Crippen LogP contribution in [0, 0.1) is 23.7 Å². The molecule has 7 N–H and O–H groups in total. The number of thiophene rings is 2. The van der Waals surface area contributed by atoms with E-state index < -0.39 is 117 Å². The molecule has 2 aliphatic carbocycles. The number of hydrogen-bond donors (Lipinski definition) is 7. The van der Waals surface area contributed by atoms with Gasteiger partial charge < -0.3 is 40.2 Å². The van der Waals surface area contributed by atoms with Crippen LogP contribution in [0.3, 0.4) is 0 Å². The third-order valence-electron chi connectivity index (χ3n) is 18.5. The molecule has 0 bridgehead atoms. The predicted molar refractivity (Wildman–Crippen MR) is 386 cm³/mol. The molecule has 4 aliphatic rings. The zero-order valence-corrected chi connectivity index (χ0v) is 63.1. The number of fused-ring (bicyclic) bond motifs is 2. The summed E-state index contributed by atoms with van der Waals surface area (Å²) < 4.78 is 124. The van der Waals surface area contributed by atoms with Gasteiger partial charge in [0.2, 0.25) is 11.8 Å². The van der Waals surface area contributed by atoms with Crippen molar-refractivity contribution in [1.82, 2.24) is 20.1 Å². The standard InChI is InChI=1S/C37H50N2O10S3.C35H48N2O9S3/c1-5-38-32-21-24(2)51(44,45)37-31(32)22-36(50-37)52(46,47)39-35(43)16-12-7-6-11-15-29-30(34(49-26(4)41)23-33(29)48-25(3)40)20-19-28(42)18-17-27-13-9-8-10-14-27;1-4-36-30-20-23(2)48(42,43)35-29(30)21-34(47-35)49(44,45)37-33(41)15-11-6-5-10-14-27-28(32(22-31(27)40)46-24(3)38)19-18-26(39)17-16-25-12-8-7-9-13-25/h6,8-11,13-14,19-20,22,24,28-30,32-34,38,42H,5,7,12,15-18,21,23H2,1-4H3,(H,39,43);5,7-10,12-13,18-19,21,23,26-28,30-32,36,39-40H,4,6,11,14-17,20,22H2,1-3H3,(H,37,41)/b11-6-,20-19+;10-5-,19-18+/t24-,28+,29-,30-,32-,33+,34-;23-,26+,27-,28-,30-,31+,32-/m11/s1. The van der Waals surface area contributed by atoms with Gasteiger partial charge in [-0.15, -0.1) is 22.7 Å². The lowest BCUT2D eigenvalue weighted by Crippen LogP contribution is -2.33. The van der Waals surface area contributed by atoms with Crippen molar-refractivity contribution in [3.05, 3.63) is 144 Å². The van der Waals surface area contributed by atoms with Gasteiger partial charge in [-0.05, 0) is 133 Å². The minimum Gasteiger partial charge on any atom is -0.462 e. The Morgan fingerprint density at radius 3 is 1.36 bits per heavy atom. The van der Waals surface area contributed by atoms with E-state index in [2.05, 4.69) is 20.1 Å². The van der Waals surface area contributed by atoms with Crippen LogP contribution in [0.25, 0.3) is 0 Å². The van der Waals surface area contributed by atoms with Crippen LogP contribution in [0.2, 0.25) is 0 Å². The van der Waals surface area contributed by atoms with Crippen LogP contribution in [0.1, 0.15) is 173 Å². The number of carbonyl (C=O) groups is 5. The molecule has 2 aromatic carbocycles. The van der Waals surface area contributed by atoms with Crippen molar-refractivity contribution in [3.8, 4) is 0 Å². The highest BCUT2D eigenvalue weighted by Crippen LogP contribution is 2.45. The van der Waals surface area contributed by atoms with Crippen LogP contribution in [0.5, 0.6) is 0 Å². The highest BCUT2D eigenvalue weighted by Gasteiger charge is 2.46. The number of aryl methyl sites for hydroxylation is 2. The van der Waals surface area contributed by atoms with Gasteiger partial charge in [0, 0.05) is 87.4 Å². The molecule has 23 nitrogen and oxygen atoms in total. The quantitative estimate of drug-likeness (QED) is 0.0101. The number of nitrogens with one attached hydrogen (secondary N) is 4. The lowest BCUT2D eigenvalue weighted by atomic mass is 9.89. The van der Waals surface area contributed by atoms with Crippen molar-refractivity contribution in [2.75, 3.05) is 13.1 Å². The summed E-state index contributed by atoms with van der Waals surface area (Å²) in [4.78, 5) is 60.9. The lowest BCUT2D eigenvalue weighted by molar-refractivity contribution is -0.150. The Morgan fingerprint density at radius 2 is 0.950 bits per heavy atom. The average molecular weight is 1520 g/mol. The van der Waals surface area contributed by atoms with Gasteiger partial charge in [0.15, 0.2) is 19.7 Å². The molecule has 2 aromatic heterocycles. The Hall–Kier alpha value is -6.25. The van der Waals surface area contributed by atoms with E-state index in [-0.39, 0.29) is 71.9 Å². The van der Waals surface area contributed by atoms with Crippen LogP contribution >= 0.6 is 22.7 Å². The molecule has 0 saturated heterocycles. The first-order chi connectivity index (χ1) is 47.8. The Bertz CT molecular complexity index is 4040. The summed E-state index contributed by atoms with van der Waals surface area (Å²) in [5.74, 6) is -3.85. The van der Waals surface area contributed by atoms with E-state index in [4.69, 9.17) is 14.2 Å². The second-order valence-electron chi connectivity index (χ2n) is 26.2. The molecule has 2 aliphatic heterocycles. The number of aliphatic hydroxyl groups excluding tert-OH is 3. The van der Waals surface area contributed by atoms with Crippen molar-refractivity contribution >= 4 is 92.1 Å². The maximum Gasteiger partial charge on any atom is 0.302 e. The summed E-state index contributed by atoms with van der Waals surface area (Å²) in [6.07, 6.45) is 17.0. The maximum atomic E-state index is 13.1. The summed E-state index contributed by atoms with van der Waals surface area (Å²) in [5.41, 5.74) is 3.07. The summed E-state index contributed by atoms with van der Waals surface area (Å²) in [7, 11) is -15.9. The first-order valence-electron chi connectivity index (χ1n) is 34.5. The van der Waals surface area contributed by atoms with Gasteiger partial charge in [-0.1, -0.05) is 123 Å². The number of amides is 2. The highest BCUT2D eigenvalue weighted by atomic mass is 32.3. The number of sulfonamides is 2. The van der Waals surface area contributed by atoms with Gasteiger partial charge in [-0.25, -0.2) is 43.1 Å². The van der Waals surface area contributed by atoms with E-state index in [1.54, 1.807) is 26.0 Å². The molecule has 4 aromatic rings. The van der Waals surface area contributed by atoms with E-state index in [0.717, 1.165) is 11.1 Å². The molecule has 101 heavy (non-hydrogen) atoms. The molecule has 0 radical (unpaired) electrons. The third kappa shape index (κ3) is 23.4. The van der Waals surface area contributed by atoms with Crippen molar-refractivity contribution in [2.24, 2.45) is 23.7 Å². The molecule has 0 spiro atoms. The largest absolute Gasteiger partial charge is 0.462 e. The van der Waals surface area contributed by atoms with E-state index >= 15 is 0 Å². The number of unbranched alkanes of at least 4 members (excludes halogenated alkanes) is 2. The first kappa shape index (κ1) is 82.0. The van der Waals surface area contributed by atoms with Crippen LogP contribution in [0.4, 0.5) is 0 Å². The number of ether oxygens (including phenoxy) is 3. The molecule has 0 unspecified atom stereocenters. The van der Waals surface area contributed by atoms with Crippen LogP contribution in [0.15, 0.2) is 138 Å². The molecular formula is C72H98N4O19S6. The van der Waals surface area contributed by atoms with E-state index in [0.29, 0.717) is 130 Å². The smallest absolute Gasteiger partial charge is 0.302 e. The average Bonchev–Trinajstić information content (AvgIpc) is 1.63. The zero-order valence-electron chi connectivity index (χ0n) is 58.2. The summed E-state index contributed by atoms with van der Waals surface area (Å²) in [5, 5.41) is 37.2. The summed E-state index contributed by atoms with van der Waals surface area (Å²) in [6, 6.07) is 21.8. The van der Waals surface area contributed by atoms with E-state index in [9.17, 15) is 73.0 Å². The lowest BCUT2D eigenvalue weighted by Gasteiger charge is -2.27. The SMILES string of the molecule is CCN[C@@H]1C[C@@H](C)S(=O)(=O)c2sc(S(=O)(=O)NC(=O)CCC/C=C\C[C@@H]3[C@@H](/C=C/[C@@H](O)CCc4ccccc4)[C@H](OC(C)=O)C[C@@H]3O)cc21.CCN[C@@H]1C[C@@H](C)S(=O)(=O)c2sc(S(=O)(=O)NC(=O)CCC/C=C\C[C@@H]3[C@@H](/C=C/[C@@H](O)CCc4ccccc4)[C@H](OC(C)=O)C[C@@H]3OC(C)=O)cc21. The molecule has 8 rings (SSSR count). The number of rotatable bonds is 33. The minimum absolute atomic E-state index is 0.0181. The molecule has 2 amide bonds. The van der Waals surface area contributed by atoms with E-state index in [1.165, 1.54) is 32.9 Å². The molecule has 29 heteroatoms. The number of sulfone groups is 2. The monoisotopic (exact) mass is 1510 g/mol. The minimum atomic E-state index is -4.28. The maximum absolute atomic E-state index is 13.1. The van der Waals surface area contributed by atoms with Crippen molar-refractivity contribution in [2.45, 2.75) is 227 Å². The van der Waals surface area contributed by atoms with Crippen molar-refractivity contribution in [1.29, 1.82) is 0 Å². The van der Waals surface area contributed by atoms with Gasteiger partial charge in [0.05, 0.1) is 28.8 Å². The highest BCUT2D eigenvalue weighted by molar-refractivity contribution is 7.96. The number of esters is 3. The normalized spacial score (nSPS) is 25.2. The number of carbonyl (C=O) groups excluding carboxylic acids is 5. The Balaban J connectivity index is 0.000000284. The topological polar surface area (TPSA) is 358 Å². The molecule has 2 saturated carbocycles. The summed E-state index contributed by atoms with van der Waals surface area (Å²) in [6.45, 7) is 12.1. The van der Waals surface area contributed by atoms with Crippen molar-refractivity contribution in [3.63, 3.8) is 0 Å². The fourth-order valence-corrected chi connectivity index (χ4v) is 23.4. The fourth-order valence-electron chi connectivity index (χ4n) is 13.3. The second-order valence-corrected chi connectivity index (χ2v) is 37.2. The predicted octanol–water partition coefficient (Wildman–Crippen LogP) is 9.30. The molecule has 2 fully saturated rings. The van der Waals surface area contributed by atoms with Gasteiger partial charge in [0.1, 0.15) is 35.1 Å². The number of aliphatic hydroxyl groups is 3. The van der Waals surface area contributed by atoms with Gasteiger partial charge in [0.25, 0.3) is 20.0 Å². The first-order valence-corrected chi connectivity index (χ1v) is 42.2. The van der Waals surface area contributed by atoms with Gasteiger partial charge in [-0.2, -0.15) is 0 Å². The Morgan fingerprint density at radius 1 is 0.564 bits per heavy atom. The molecule has 4 heterocycles. The van der Waals surface area contributed by atoms with Gasteiger partial charge >= 0.3 is 17.9 Å². The Kier molecular flexibility index (Phi) is 30.8. The molecule has 556 valence electrons. The zero-order chi connectivity index (χ0) is 73.8. The number of benzene rings is 2. The third-order valence-corrected chi connectivity index (χ3v) is 29.9. The number of hydrogen-bond acceptors (Lipinski definition) is 23. The fraction of sp³-hybridized carbons (Fsp3) is 0.542. The van der Waals surface area contributed by atoms with E-state index in [1.807, 2.05) is 111 Å². The van der Waals surface area contributed by atoms with Crippen LogP contribution < -0.4 is 20.1 Å². The summed E-state index contributed by atoms with van der Waals surface area (Å²) >= 11 is 1.34.